The molecule has 0 saturated heterocycles. The van der Waals surface area contributed by atoms with Gasteiger partial charge in [0.1, 0.15) is 0 Å². The maximum atomic E-state index is 5.33. The second kappa shape index (κ2) is 15.6. The minimum atomic E-state index is 0.596. The Hall–Kier alpha value is -9.39. The number of para-hydroxylation sites is 5. The standard InChI is InChI=1S/C63H40N6/c1-3-17-41(18-4-1)42-33-35-43(36-34-42)61-64-62(44-19-15-23-47(39-44)67-54-29-11-7-25-49(54)50-26-8-12-30-55(50)67)66-63(65-61)45-20-16-24-48(40-45)68-57-32-14-10-28-53(57)59-58(68)38-37-52-51-27-9-13-31-56(51)69(60(52)59)46-21-5-2-6-22-46/h1-40H. The van der Waals surface area contributed by atoms with Crippen LogP contribution >= 0.6 is 0 Å². The lowest BCUT2D eigenvalue weighted by molar-refractivity contribution is 1.07. The molecule has 69 heavy (non-hydrogen) atoms. The highest BCUT2D eigenvalue weighted by molar-refractivity contribution is 6.26. The van der Waals surface area contributed by atoms with Crippen molar-refractivity contribution in [1.29, 1.82) is 0 Å². The van der Waals surface area contributed by atoms with Gasteiger partial charge in [-0.3, -0.25) is 0 Å². The summed E-state index contributed by atoms with van der Waals surface area (Å²) >= 11 is 0. The van der Waals surface area contributed by atoms with Crippen LogP contribution < -0.4 is 0 Å². The summed E-state index contributed by atoms with van der Waals surface area (Å²) in [6.07, 6.45) is 0. The van der Waals surface area contributed by atoms with Gasteiger partial charge in [0.25, 0.3) is 0 Å². The van der Waals surface area contributed by atoms with Gasteiger partial charge in [0.2, 0.25) is 0 Å². The summed E-state index contributed by atoms with van der Waals surface area (Å²) in [4.78, 5) is 15.8. The van der Waals surface area contributed by atoms with Crippen LogP contribution in [0.5, 0.6) is 0 Å². The van der Waals surface area contributed by atoms with Crippen LogP contribution in [-0.2, 0) is 0 Å². The van der Waals surface area contributed by atoms with Crippen molar-refractivity contribution in [3.05, 3.63) is 243 Å². The van der Waals surface area contributed by atoms with Gasteiger partial charge in [-0.25, -0.2) is 15.0 Å². The molecule has 6 nitrogen and oxygen atoms in total. The zero-order chi connectivity index (χ0) is 45.4. The van der Waals surface area contributed by atoms with Crippen molar-refractivity contribution >= 4 is 65.4 Å². The largest absolute Gasteiger partial charge is 0.309 e. The second-order valence-corrected chi connectivity index (χ2v) is 17.6. The van der Waals surface area contributed by atoms with Gasteiger partial charge >= 0.3 is 0 Å². The first-order valence-electron chi connectivity index (χ1n) is 23.4. The number of rotatable bonds is 7. The van der Waals surface area contributed by atoms with Crippen LogP contribution in [0.3, 0.4) is 0 Å². The molecule has 0 fully saturated rings. The van der Waals surface area contributed by atoms with Crippen molar-refractivity contribution in [1.82, 2.24) is 28.7 Å². The van der Waals surface area contributed by atoms with Gasteiger partial charge in [-0.05, 0) is 77.9 Å². The quantitative estimate of drug-likeness (QED) is 0.160. The van der Waals surface area contributed by atoms with Crippen LogP contribution in [0.15, 0.2) is 243 Å². The van der Waals surface area contributed by atoms with E-state index < -0.39 is 0 Å². The van der Waals surface area contributed by atoms with Gasteiger partial charge in [0.15, 0.2) is 17.5 Å². The van der Waals surface area contributed by atoms with Crippen LogP contribution in [0.25, 0.3) is 128 Å². The Morgan fingerprint density at radius 1 is 0.232 bits per heavy atom. The maximum absolute atomic E-state index is 5.33. The molecular weight excluding hydrogens is 841 g/mol. The van der Waals surface area contributed by atoms with Crippen LogP contribution in [0, 0.1) is 0 Å². The van der Waals surface area contributed by atoms with E-state index in [2.05, 4.69) is 250 Å². The molecule has 0 radical (unpaired) electrons. The zero-order valence-corrected chi connectivity index (χ0v) is 37.3. The molecule has 0 unspecified atom stereocenters. The summed E-state index contributed by atoms with van der Waals surface area (Å²) in [5.41, 5.74) is 15.1. The highest BCUT2D eigenvalue weighted by Gasteiger charge is 2.22. The van der Waals surface area contributed by atoms with E-state index in [0.717, 1.165) is 66.9 Å². The maximum Gasteiger partial charge on any atom is 0.164 e. The summed E-state index contributed by atoms with van der Waals surface area (Å²) < 4.78 is 7.15. The summed E-state index contributed by atoms with van der Waals surface area (Å²) in [5, 5.41) is 7.29. The summed E-state index contributed by atoms with van der Waals surface area (Å²) in [6, 6.07) is 86.1. The molecular formula is C63H40N6. The molecule has 0 atom stereocenters. The van der Waals surface area contributed by atoms with Crippen LogP contribution in [0.2, 0.25) is 0 Å². The van der Waals surface area contributed by atoms with Crippen LogP contribution in [0.1, 0.15) is 0 Å². The van der Waals surface area contributed by atoms with E-state index in [1.807, 2.05) is 6.07 Å². The predicted molar refractivity (Wildman–Crippen MR) is 285 cm³/mol. The zero-order valence-electron chi connectivity index (χ0n) is 37.3. The molecule has 4 aromatic heterocycles. The normalized spacial score (nSPS) is 11.8. The molecule has 14 aromatic rings. The molecule has 6 heteroatoms. The fourth-order valence-corrected chi connectivity index (χ4v) is 10.6. The number of fused-ring (bicyclic) bond motifs is 10. The van der Waals surface area contributed by atoms with Crippen molar-refractivity contribution in [2.45, 2.75) is 0 Å². The molecule has 0 N–H and O–H groups in total. The first-order chi connectivity index (χ1) is 34.2. The van der Waals surface area contributed by atoms with Crippen molar-refractivity contribution in [3.63, 3.8) is 0 Å². The number of nitrogens with zero attached hydrogens (tertiary/aromatic N) is 6. The average Bonchev–Trinajstić information content (AvgIpc) is 4.07. The van der Waals surface area contributed by atoms with Gasteiger partial charge in [-0.1, -0.05) is 176 Å². The number of aromatic nitrogens is 6. The average molecular weight is 881 g/mol. The van der Waals surface area contributed by atoms with E-state index in [1.54, 1.807) is 0 Å². The molecule has 0 aliphatic heterocycles. The van der Waals surface area contributed by atoms with Crippen molar-refractivity contribution in [2.24, 2.45) is 0 Å². The molecule has 14 rings (SSSR count). The summed E-state index contributed by atoms with van der Waals surface area (Å²) in [5.74, 6) is 1.80. The third-order valence-electron chi connectivity index (χ3n) is 13.7. The van der Waals surface area contributed by atoms with E-state index in [9.17, 15) is 0 Å². The minimum absolute atomic E-state index is 0.596. The number of benzene rings is 10. The van der Waals surface area contributed by atoms with Gasteiger partial charge in [0, 0.05) is 66.1 Å². The number of hydrogen-bond donors (Lipinski definition) is 0. The lowest BCUT2D eigenvalue weighted by Gasteiger charge is -2.13. The molecule has 0 spiro atoms. The molecule has 0 aliphatic carbocycles. The molecule has 0 amide bonds. The molecule has 0 aliphatic rings. The summed E-state index contributed by atoms with van der Waals surface area (Å²) in [7, 11) is 0. The molecule has 10 aromatic carbocycles. The first-order valence-corrected chi connectivity index (χ1v) is 23.4. The second-order valence-electron chi connectivity index (χ2n) is 17.6. The monoisotopic (exact) mass is 880 g/mol. The SMILES string of the molecule is c1ccc(-c2ccc(-c3nc(-c4cccc(-n5c6ccccc6c6ccccc65)c4)nc(-c4cccc(-n5c6ccccc6c6c5ccc5c7ccccc7n(-c7ccccc7)c56)c4)n3)cc2)cc1. The highest BCUT2D eigenvalue weighted by Crippen LogP contribution is 2.42. The lowest BCUT2D eigenvalue weighted by atomic mass is 10.0. The Morgan fingerprint density at radius 2 is 0.623 bits per heavy atom. The predicted octanol–water partition coefficient (Wildman–Crippen LogP) is 15.8. The van der Waals surface area contributed by atoms with Crippen molar-refractivity contribution in [2.75, 3.05) is 0 Å². The van der Waals surface area contributed by atoms with E-state index in [4.69, 9.17) is 15.0 Å². The Kier molecular flexibility index (Phi) is 8.79. The Balaban J connectivity index is 0.960. The molecule has 322 valence electrons. The Bertz CT molecular complexity index is 4240. The van der Waals surface area contributed by atoms with E-state index >= 15 is 0 Å². The third-order valence-corrected chi connectivity index (χ3v) is 13.7. The van der Waals surface area contributed by atoms with Crippen molar-refractivity contribution < 1.29 is 0 Å². The van der Waals surface area contributed by atoms with Gasteiger partial charge in [-0.15, -0.1) is 0 Å². The fourth-order valence-electron chi connectivity index (χ4n) is 10.6. The van der Waals surface area contributed by atoms with E-state index in [0.29, 0.717) is 17.5 Å². The molecule has 0 bridgehead atoms. The third kappa shape index (κ3) is 6.23. The fraction of sp³-hybridized carbons (Fsp3) is 0. The summed E-state index contributed by atoms with van der Waals surface area (Å²) in [6.45, 7) is 0. The molecule has 0 saturated carbocycles. The smallest absolute Gasteiger partial charge is 0.164 e. The topological polar surface area (TPSA) is 53.5 Å². The van der Waals surface area contributed by atoms with E-state index in [1.165, 1.54) is 43.4 Å². The van der Waals surface area contributed by atoms with Gasteiger partial charge < -0.3 is 13.7 Å². The van der Waals surface area contributed by atoms with Crippen LogP contribution in [0.4, 0.5) is 0 Å². The minimum Gasteiger partial charge on any atom is -0.309 e. The van der Waals surface area contributed by atoms with Crippen LogP contribution in [-0.4, -0.2) is 28.7 Å². The lowest BCUT2D eigenvalue weighted by Crippen LogP contribution is -2.02. The molecule has 4 heterocycles. The van der Waals surface area contributed by atoms with E-state index in [-0.39, 0.29) is 0 Å². The highest BCUT2D eigenvalue weighted by atomic mass is 15.0. The number of hydrogen-bond acceptors (Lipinski definition) is 3. The first kappa shape index (κ1) is 38.8. The van der Waals surface area contributed by atoms with Crippen molar-refractivity contribution in [3.8, 4) is 62.4 Å². The Morgan fingerprint density at radius 3 is 1.20 bits per heavy atom. The Labute approximate surface area is 397 Å². The van der Waals surface area contributed by atoms with Gasteiger partial charge in [0.05, 0.1) is 33.1 Å². The van der Waals surface area contributed by atoms with Gasteiger partial charge in [-0.2, -0.15) is 0 Å².